The van der Waals surface area contributed by atoms with Crippen molar-refractivity contribution < 1.29 is 0 Å². The Balaban J connectivity index is 2.20. The number of nitrogens with one attached hydrogen (secondary N) is 1. The van der Waals surface area contributed by atoms with Gasteiger partial charge >= 0.3 is 0 Å². The number of likely N-dealkylation sites (N-methyl/N-ethyl adjacent to an activating group) is 2. The molecule has 0 aromatic carbocycles. The molecule has 1 unspecified atom stereocenters. The van der Waals surface area contributed by atoms with E-state index in [0.29, 0.717) is 6.04 Å². The molecule has 1 atom stereocenters. The molecular formula is C12H26N2. The summed E-state index contributed by atoms with van der Waals surface area (Å²) in [6, 6.07) is 0.668. The molecule has 2 heteroatoms. The first-order valence-corrected chi connectivity index (χ1v) is 6.09. The van der Waals surface area contributed by atoms with E-state index in [1.54, 1.807) is 0 Å². The van der Waals surface area contributed by atoms with Crippen LogP contribution in [0.3, 0.4) is 0 Å². The normalized spacial score (nSPS) is 21.4. The molecule has 84 valence electrons. The van der Waals surface area contributed by atoms with Crippen molar-refractivity contribution in [3.8, 4) is 0 Å². The van der Waals surface area contributed by atoms with Gasteiger partial charge in [-0.25, -0.2) is 0 Å². The Morgan fingerprint density at radius 3 is 2.50 bits per heavy atom. The second-order valence-corrected chi connectivity index (χ2v) is 4.85. The molecular weight excluding hydrogens is 172 g/mol. The minimum atomic E-state index is 0.668. The summed E-state index contributed by atoms with van der Waals surface area (Å²) in [5.41, 5.74) is 0. The molecule has 0 aromatic heterocycles. The van der Waals surface area contributed by atoms with E-state index in [1.165, 1.54) is 38.6 Å². The first-order chi connectivity index (χ1) is 6.74. The molecule has 0 aliphatic heterocycles. The number of hydrogen-bond donors (Lipinski definition) is 1. The number of nitrogens with zero attached hydrogens (tertiary/aromatic N) is 1. The van der Waals surface area contributed by atoms with Gasteiger partial charge in [-0.3, -0.25) is 0 Å². The molecule has 0 spiro atoms. The smallest absolute Gasteiger partial charge is 0.0189 e. The van der Waals surface area contributed by atoms with Gasteiger partial charge in [-0.15, -0.1) is 0 Å². The maximum Gasteiger partial charge on any atom is 0.0189 e. The summed E-state index contributed by atoms with van der Waals surface area (Å²) in [6.07, 6.45) is 7.29. The van der Waals surface area contributed by atoms with Crippen LogP contribution < -0.4 is 5.32 Å². The largest absolute Gasteiger partial charge is 0.318 e. The van der Waals surface area contributed by atoms with Gasteiger partial charge in [-0.1, -0.05) is 19.3 Å². The molecule has 1 N–H and O–H groups in total. The lowest BCUT2D eigenvalue weighted by atomic mass is 9.89. The van der Waals surface area contributed by atoms with Crippen LogP contribution in [-0.4, -0.2) is 38.1 Å². The first kappa shape index (κ1) is 12.0. The van der Waals surface area contributed by atoms with E-state index in [9.17, 15) is 0 Å². The van der Waals surface area contributed by atoms with Gasteiger partial charge in [0.15, 0.2) is 0 Å². The van der Waals surface area contributed by atoms with Crippen molar-refractivity contribution in [2.75, 3.05) is 27.2 Å². The number of hydrogen-bond acceptors (Lipinski definition) is 2. The second kappa shape index (κ2) is 6.41. The van der Waals surface area contributed by atoms with Crippen LogP contribution in [0.4, 0.5) is 0 Å². The van der Waals surface area contributed by atoms with Gasteiger partial charge < -0.3 is 10.2 Å². The van der Waals surface area contributed by atoms with E-state index < -0.39 is 0 Å². The molecule has 0 heterocycles. The highest BCUT2D eigenvalue weighted by Gasteiger charge is 2.17. The molecule has 0 amide bonds. The Labute approximate surface area is 89.1 Å². The van der Waals surface area contributed by atoms with Crippen LogP contribution in [-0.2, 0) is 0 Å². The van der Waals surface area contributed by atoms with Crippen LogP contribution in [0.2, 0.25) is 0 Å². The Morgan fingerprint density at radius 2 is 1.93 bits per heavy atom. The van der Waals surface area contributed by atoms with E-state index in [0.717, 1.165) is 12.5 Å². The van der Waals surface area contributed by atoms with Crippen LogP contribution in [0.1, 0.15) is 39.0 Å². The minimum absolute atomic E-state index is 0.668. The van der Waals surface area contributed by atoms with Crippen LogP contribution in [0.5, 0.6) is 0 Å². The summed E-state index contributed by atoms with van der Waals surface area (Å²) in [5, 5.41) is 3.24. The summed E-state index contributed by atoms with van der Waals surface area (Å²) >= 11 is 0. The summed E-state index contributed by atoms with van der Waals surface area (Å²) in [6.45, 7) is 4.70. The van der Waals surface area contributed by atoms with Crippen molar-refractivity contribution in [3.05, 3.63) is 0 Å². The fourth-order valence-corrected chi connectivity index (χ4v) is 2.41. The third-order valence-electron chi connectivity index (χ3n) is 3.52. The molecule has 1 saturated carbocycles. The highest BCUT2D eigenvalue weighted by molar-refractivity contribution is 4.72. The zero-order chi connectivity index (χ0) is 10.4. The molecule has 0 radical (unpaired) electrons. The molecule has 2 nitrogen and oxygen atoms in total. The fourth-order valence-electron chi connectivity index (χ4n) is 2.41. The van der Waals surface area contributed by atoms with Gasteiger partial charge in [0.25, 0.3) is 0 Å². The maximum absolute atomic E-state index is 3.24. The van der Waals surface area contributed by atoms with Crippen LogP contribution in [0, 0.1) is 5.92 Å². The Bertz CT molecular complexity index is 141. The predicted molar refractivity (Wildman–Crippen MR) is 62.6 cm³/mol. The Morgan fingerprint density at radius 1 is 1.29 bits per heavy atom. The maximum atomic E-state index is 3.24. The van der Waals surface area contributed by atoms with Gasteiger partial charge in [-0.2, -0.15) is 0 Å². The van der Waals surface area contributed by atoms with E-state index in [-0.39, 0.29) is 0 Å². The van der Waals surface area contributed by atoms with E-state index in [2.05, 4.69) is 24.2 Å². The van der Waals surface area contributed by atoms with Crippen LogP contribution in [0.25, 0.3) is 0 Å². The standard InChI is InChI=1S/C12H26N2/c1-11(9-13-2)14(3)10-12-7-5-4-6-8-12/h11-13H,4-10H2,1-3H3. The second-order valence-electron chi connectivity index (χ2n) is 4.85. The lowest BCUT2D eigenvalue weighted by Gasteiger charge is -2.30. The van der Waals surface area contributed by atoms with E-state index in [4.69, 9.17) is 0 Å². The van der Waals surface area contributed by atoms with E-state index in [1.807, 2.05) is 7.05 Å². The summed E-state index contributed by atoms with van der Waals surface area (Å²) in [4.78, 5) is 2.51. The third-order valence-corrected chi connectivity index (χ3v) is 3.52. The topological polar surface area (TPSA) is 15.3 Å². The van der Waals surface area contributed by atoms with Gasteiger partial charge in [0.05, 0.1) is 0 Å². The summed E-state index contributed by atoms with van der Waals surface area (Å²) in [5.74, 6) is 0.966. The Hall–Kier alpha value is -0.0800. The molecule has 1 aliphatic rings. The van der Waals surface area contributed by atoms with Crippen molar-refractivity contribution in [2.45, 2.75) is 45.1 Å². The quantitative estimate of drug-likeness (QED) is 0.728. The zero-order valence-electron chi connectivity index (χ0n) is 10.1. The van der Waals surface area contributed by atoms with Crippen molar-refractivity contribution in [1.29, 1.82) is 0 Å². The molecule has 0 bridgehead atoms. The first-order valence-electron chi connectivity index (χ1n) is 6.09. The lowest BCUT2D eigenvalue weighted by Crippen LogP contribution is -2.39. The molecule has 14 heavy (non-hydrogen) atoms. The van der Waals surface area contributed by atoms with Crippen LogP contribution >= 0.6 is 0 Å². The average molecular weight is 198 g/mol. The van der Waals surface area contributed by atoms with Gasteiger partial charge in [0, 0.05) is 19.1 Å². The zero-order valence-corrected chi connectivity index (χ0v) is 10.1. The van der Waals surface area contributed by atoms with Crippen LogP contribution in [0.15, 0.2) is 0 Å². The molecule has 1 aliphatic carbocycles. The molecule has 0 saturated heterocycles. The Kier molecular flexibility index (Phi) is 5.49. The highest BCUT2D eigenvalue weighted by Crippen LogP contribution is 2.24. The van der Waals surface area contributed by atoms with Gasteiger partial charge in [-0.05, 0) is 39.8 Å². The third kappa shape index (κ3) is 3.97. The van der Waals surface area contributed by atoms with Gasteiger partial charge in [0.1, 0.15) is 0 Å². The molecule has 1 rings (SSSR count). The minimum Gasteiger partial charge on any atom is -0.318 e. The number of rotatable bonds is 5. The fraction of sp³-hybridized carbons (Fsp3) is 1.00. The van der Waals surface area contributed by atoms with Crippen molar-refractivity contribution in [1.82, 2.24) is 10.2 Å². The lowest BCUT2D eigenvalue weighted by molar-refractivity contribution is 0.190. The SMILES string of the molecule is CNCC(C)N(C)CC1CCCCC1. The van der Waals surface area contributed by atoms with Gasteiger partial charge in [0.2, 0.25) is 0 Å². The molecule has 1 fully saturated rings. The highest BCUT2D eigenvalue weighted by atomic mass is 15.1. The summed E-state index contributed by atoms with van der Waals surface area (Å²) < 4.78 is 0. The van der Waals surface area contributed by atoms with Crippen molar-refractivity contribution in [2.24, 2.45) is 5.92 Å². The average Bonchev–Trinajstić information content (AvgIpc) is 2.19. The van der Waals surface area contributed by atoms with E-state index >= 15 is 0 Å². The van der Waals surface area contributed by atoms with Crippen molar-refractivity contribution in [3.63, 3.8) is 0 Å². The predicted octanol–water partition coefficient (Wildman–Crippen LogP) is 2.11. The van der Waals surface area contributed by atoms with Crippen molar-refractivity contribution >= 4 is 0 Å². The summed E-state index contributed by atoms with van der Waals surface area (Å²) in [7, 11) is 4.29. The molecule has 0 aromatic rings. The monoisotopic (exact) mass is 198 g/mol.